The van der Waals surface area contributed by atoms with Crippen molar-refractivity contribution < 1.29 is 28.6 Å². The van der Waals surface area contributed by atoms with Gasteiger partial charge in [-0.25, -0.2) is 0 Å². The number of carbonyl (C=O) groups excluding carboxylic acids is 2. The number of rotatable bonds is 10. The molecule has 2 atom stereocenters. The maximum absolute atomic E-state index is 13.4. The van der Waals surface area contributed by atoms with Gasteiger partial charge in [0.05, 0.1) is 36.2 Å². The molecule has 238 valence electrons. The Kier molecular flexibility index (Phi) is 9.42. The van der Waals surface area contributed by atoms with Crippen molar-refractivity contribution in [3.05, 3.63) is 153 Å². The van der Waals surface area contributed by atoms with Gasteiger partial charge in [-0.2, -0.15) is 0 Å². The van der Waals surface area contributed by atoms with Gasteiger partial charge in [0.1, 0.15) is 5.58 Å². The molecule has 5 aromatic rings. The van der Waals surface area contributed by atoms with Crippen molar-refractivity contribution in [1.29, 1.82) is 0 Å². The van der Waals surface area contributed by atoms with Gasteiger partial charge in [-0.3, -0.25) is 14.4 Å². The second kappa shape index (κ2) is 14.2. The molecule has 0 bridgehead atoms. The molecule has 1 aromatic heterocycles. The van der Waals surface area contributed by atoms with Gasteiger partial charge in [0.2, 0.25) is 6.29 Å². The van der Waals surface area contributed by atoms with Crippen LogP contribution in [0.15, 0.2) is 124 Å². The first-order valence-electron chi connectivity index (χ1n) is 15.1. The van der Waals surface area contributed by atoms with Gasteiger partial charge in [0.25, 0.3) is 11.8 Å². The molecule has 10 nitrogen and oxygen atoms in total. The Morgan fingerprint density at radius 2 is 1.57 bits per heavy atom. The number of carbonyl (C=O) groups is 2. The Morgan fingerprint density at radius 1 is 0.872 bits per heavy atom. The number of ether oxygens (including phenoxy) is 2. The van der Waals surface area contributed by atoms with Crippen molar-refractivity contribution in [2.75, 3.05) is 11.1 Å². The summed E-state index contributed by atoms with van der Waals surface area (Å²) in [5.74, 6) is -1.28. The lowest BCUT2D eigenvalue weighted by molar-refractivity contribution is -0.150. The molecule has 47 heavy (non-hydrogen) atoms. The van der Waals surface area contributed by atoms with Gasteiger partial charge in [-0.05, 0) is 59.2 Å². The first kappa shape index (κ1) is 31.3. The largest absolute Gasteiger partial charge is 0.464 e. The van der Waals surface area contributed by atoms with Gasteiger partial charge < -0.3 is 35.4 Å². The third-order valence-electron chi connectivity index (χ3n) is 7.91. The van der Waals surface area contributed by atoms with E-state index in [0.717, 1.165) is 16.7 Å². The topological polar surface area (TPSA) is 153 Å². The van der Waals surface area contributed by atoms with Crippen LogP contribution >= 0.6 is 0 Å². The number of hydrogen-bond donors (Lipinski definition) is 4. The van der Waals surface area contributed by atoms with E-state index in [2.05, 4.69) is 10.6 Å². The van der Waals surface area contributed by atoms with E-state index < -0.39 is 18.1 Å². The number of amides is 2. The van der Waals surface area contributed by atoms with Crippen molar-refractivity contribution in [2.24, 2.45) is 0 Å². The maximum atomic E-state index is 13.4. The van der Waals surface area contributed by atoms with Crippen LogP contribution in [0.1, 0.15) is 45.0 Å². The lowest BCUT2D eigenvalue weighted by atomic mass is 9.93. The Hall–Kier alpha value is -5.71. The minimum Gasteiger partial charge on any atom is -0.464 e. The zero-order valence-corrected chi connectivity index (χ0v) is 25.3. The number of nitrogen functional groups attached to an aromatic ring is 1. The molecule has 6 rings (SSSR count). The summed E-state index contributed by atoms with van der Waals surface area (Å²) in [6, 6.07) is 28.1. The van der Waals surface area contributed by atoms with E-state index in [-0.39, 0.29) is 43.3 Å². The predicted octanol–water partition coefficient (Wildman–Crippen LogP) is 5.37. The fourth-order valence-corrected chi connectivity index (χ4v) is 5.26. The highest BCUT2D eigenvalue weighted by Crippen LogP contribution is 2.31. The number of nitrogens with two attached hydrogens (primary N) is 1. The van der Waals surface area contributed by atoms with Crippen LogP contribution in [0.3, 0.4) is 0 Å². The number of para-hydroxylation sites is 3. The SMILES string of the molecule is Nc1ccccc1NC(=O)c1ccc(CNC(=O)C2=CC(c3coc4ccccc4c3=O)CC(OCc3ccc(CO)cc3)O2)cc1. The van der Waals surface area contributed by atoms with Crippen molar-refractivity contribution in [1.82, 2.24) is 5.32 Å². The van der Waals surface area contributed by atoms with E-state index >= 15 is 0 Å². The highest BCUT2D eigenvalue weighted by Gasteiger charge is 2.31. The number of aliphatic hydroxyl groups excluding tert-OH is 1. The van der Waals surface area contributed by atoms with E-state index in [9.17, 15) is 19.5 Å². The van der Waals surface area contributed by atoms with E-state index in [1.54, 1.807) is 91.0 Å². The maximum Gasteiger partial charge on any atom is 0.286 e. The summed E-state index contributed by atoms with van der Waals surface area (Å²) < 4.78 is 17.8. The molecule has 10 heteroatoms. The van der Waals surface area contributed by atoms with Crippen LogP contribution < -0.4 is 21.8 Å². The molecule has 0 aliphatic carbocycles. The molecule has 2 unspecified atom stereocenters. The molecule has 0 saturated heterocycles. The minimum atomic E-state index is -0.828. The fraction of sp³-hybridized carbons (Fsp3) is 0.162. The lowest BCUT2D eigenvalue weighted by Gasteiger charge is -2.29. The second-order valence-corrected chi connectivity index (χ2v) is 11.1. The standard InChI is InChI=1S/C37H33N3O7/c38-30-6-2-3-7-31(30)40-36(43)26-15-13-23(14-16-26)19-39-37(44)33-17-27(29-22-45-32-8-4-1-5-28(32)35(29)42)18-34(47-33)46-21-25-11-9-24(20-41)10-12-25/h1-17,22,27,34,41H,18-21,38H2,(H,39,44)(H,40,43). The molecule has 2 heterocycles. The predicted molar refractivity (Wildman–Crippen MR) is 177 cm³/mol. The summed E-state index contributed by atoms with van der Waals surface area (Å²) in [7, 11) is 0. The monoisotopic (exact) mass is 631 g/mol. The summed E-state index contributed by atoms with van der Waals surface area (Å²) in [5.41, 5.74) is 10.4. The van der Waals surface area contributed by atoms with Crippen molar-refractivity contribution >= 4 is 34.2 Å². The summed E-state index contributed by atoms with van der Waals surface area (Å²) in [6.07, 6.45) is 2.51. The van der Waals surface area contributed by atoms with Crippen molar-refractivity contribution in [3.8, 4) is 0 Å². The highest BCUT2D eigenvalue weighted by molar-refractivity contribution is 6.05. The Labute approximate surface area is 270 Å². The number of benzene rings is 4. The Bertz CT molecular complexity index is 1980. The number of anilines is 2. The Balaban J connectivity index is 1.16. The van der Waals surface area contributed by atoms with E-state index in [0.29, 0.717) is 33.5 Å². The summed E-state index contributed by atoms with van der Waals surface area (Å²) >= 11 is 0. The van der Waals surface area contributed by atoms with E-state index in [1.165, 1.54) is 6.26 Å². The van der Waals surface area contributed by atoms with Crippen LogP contribution in [-0.2, 0) is 34.0 Å². The molecule has 1 aliphatic rings. The normalized spacial score (nSPS) is 15.8. The Morgan fingerprint density at radius 3 is 2.34 bits per heavy atom. The van der Waals surface area contributed by atoms with Gasteiger partial charge in [0, 0.05) is 30.0 Å². The van der Waals surface area contributed by atoms with E-state index in [1.807, 2.05) is 12.1 Å². The molecule has 0 spiro atoms. The average molecular weight is 632 g/mol. The first-order valence-corrected chi connectivity index (χ1v) is 15.1. The first-order chi connectivity index (χ1) is 22.9. The molecule has 0 radical (unpaired) electrons. The lowest BCUT2D eigenvalue weighted by Crippen LogP contribution is -2.33. The molecule has 1 aliphatic heterocycles. The number of allylic oxidation sites excluding steroid dienone is 1. The average Bonchev–Trinajstić information content (AvgIpc) is 3.11. The van der Waals surface area contributed by atoms with Gasteiger partial charge in [0.15, 0.2) is 11.2 Å². The zero-order chi connectivity index (χ0) is 32.8. The van der Waals surface area contributed by atoms with Crippen LogP contribution in [-0.4, -0.2) is 23.2 Å². The van der Waals surface area contributed by atoms with Gasteiger partial charge >= 0.3 is 0 Å². The smallest absolute Gasteiger partial charge is 0.286 e. The van der Waals surface area contributed by atoms with Crippen LogP contribution in [0, 0.1) is 0 Å². The van der Waals surface area contributed by atoms with Crippen LogP contribution in [0.4, 0.5) is 11.4 Å². The summed E-state index contributed by atoms with van der Waals surface area (Å²) in [5, 5.41) is 15.4. The minimum absolute atomic E-state index is 0.0193. The van der Waals surface area contributed by atoms with E-state index in [4.69, 9.17) is 19.6 Å². The van der Waals surface area contributed by atoms with Crippen LogP contribution in [0.25, 0.3) is 11.0 Å². The third-order valence-corrected chi connectivity index (χ3v) is 7.91. The number of hydrogen-bond acceptors (Lipinski definition) is 8. The quantitative estimate of drug-likeness (QED) is 0.150. The number of nitrogens with one attached hydrogen (secondary N) is 2. The second-order valence-electron chi connectivity index (χ2n) is 11.1. The molecule has 5 N–H and O–H groups in total. The highest BCUT2D eigenvalue weighted by atomic mass is 16.7. The molecule has 0 saturated carbocycles. The fourth-order valence-electron chi connectivity index (χ4n) is 5.26. The molecule has 0 fully saturated rings. The third kappa shape index (κ3) is 7.41. The van der Waals surface area contributed by atoms with Crippen LogP contribution in [0.2, 0.25) is 0 Å². The molecule has 4 aromatic carbocycles. The van der Waals surface area contributed by atoms with Crippen molar-refractivity contribution in [3.63, 3.8) is 0 Å². The zero-order valence-electron chi connectivity index (χ0n) is 25.3. The van der Waals surface area contributed by atoms with Gasteiger partial charge in [-0.15, -0.1) is 0 Å². The molecule has 2 amide bonds. The summed E-state index contributed by atoms with van der Waals surface area (Å²) in [6.45, 7) is 0.301. The number of fused-ring (bicyclic) bond motifs is 1. The van der Waals surface area contributed by atoms with Crippen molar-refractivity contribution in [2.45, 2.75) is 38.4 Å². The van der Waals surface area contributed by atoms with Crippen LogP contribution in [0.5, 0.6) is 0 Å². The summed E-state index contributed by atoms with van der Waals surface area (Å²) in [4.78, 5) is 39.5. The molecular formula is C37H33N3O7. The molecular weight excluding hydrogens is 598 g/mol. The number of aliphatic hydroxyl groups is 1. The van der Waals surface area contributed by atoms with Gasteiger partial charge in [-0.1, -0.05) is 60.7 Å².